The number of Topliss-reactive ketones (excluding diaryl/α,β-unsaturated/α-hetero) is 1. The van der Waals surface area contributed by atoms with Crippen LogP contribution in [-0.4, -0.2) is 17.7 Å². The summed E-state index contributed by atoms with van der Waals surface area (Å²) >= 11 is 0. The number of hydrogen-bond acceptors (Lipinski definition) is 2. The summed E-state index contributed by atoms with van der Waals surface area (Å²) in [5, 5.41) is 2.22. The fraction of sp³-hybridized carbons (Fsp3) is 0.333. The summed E-state index contributed by atoms with van der Waals surface area (Å²) in [5.41, 5.74) is -1.88. The molecule has 19 heavy (non-hydrogen) atoms. The Morgan fingerprint density at radius 1 is 1.26 bits per heavy atom. The number of benzene rings is 1. The van der Waals surface area contributed by atoms with Crippen LogP contribution in [0.15, 0.2) is 18.2 Å². The van der Waals surface area contributed by atoms with Gasteiger partial charge in [-0.05, 0) is 32.0 Å². The fourth-order valence-corrected chi connectivity index (χ4v) is 1.27. The molecule has 3 nitrogen and oxygen atoms in total. The molecule has 0 saturated heterocycles. The van der Waals surface area contributed by atoms with Gasteiger partial charge in [0.2, 0.25) is 0 Å². The van der Waals surface area contributed by atoms with Crippen LogP contribution < -0.4 is 5.32 Å². The number of amides is 1. The van der Waals surface area contributed by atoms with E-state index < -0.39 is 29.5 Å². The summed E-state index contributed by atoms with van der Waals surface area (Å²) in [6, 6.07) is 1.08. The predicted molar refractivity (Wildman–Crippen MR) is 59.0 cm³/mol. The molecule has 1 amide bonds. The zero-order valence-electron chi connectivity index (χ0n) is 10.1. The van der Waals surface area contributed by atoms with Crippen LogP contribution in [0.2, 0.25) is 0 Å². The van der Waals surface area contributed by atoms with Crippen molar-refractivity contribution in [2.75, 3.05) is 0 Å². The summed E-state index contributed by atoms with van der Waals surface area (Å²) in [6.07, 6.45) is -4.88. The maximum atomic E-state index is 13.0. The number of nitrogens with one attached hydrogen (secondary N) is 1. The van der Waals surface area contributed by atoms with E-state index in [4.69, 9.17) is 0 Å². The number of rotatable bonds is 3. The van der Waals surface area contributed by atoms with Crippen molar-refractivity contribution in [2.45, 2.75) is 26.1 Å². The Balaban J connectivity index is 3.03. The zero-order chi connectivity index (χ0) is 14.8. The minimum absolute atomic E-state index is 0.341. The molecule has 1 rings (SSSR count). The zero-order valence-corrected chi connectivity index (χ0v) is 10.1. The van der Waals surface area contributed by atoms with Crippen molar-refractivity contribution in [3.63, 3.8) is 0 Å². The molecule has 0 aromatic heterocycles. The van der Waals surface area contributed by atoms with E-state index in [-0.39, 0.29) is 11.3 Å². The first-order valence-corrected chi connectivity index (χ1v) is 5.31. The van der Waals surface area contributed by atoms with Crippen LogP contribution in [0.1, 0.15) is 29.8 Å². The lowest BCUT2D eigenvalue weighted by atomic mass is 10.1. The second-order valence-corrected chi connectivity index (χ2v) is 4.00. The maximum absolute atomic E-state index is 13.0. The van der Waals surface area contributed by atoms with E-state index in [0.717, 1.165) is 6.07 Å². The lowest BCUT2D eigenvalue weighted by molar-refractivity contribution is -0.140. The fourth-order valence-electron chi connectivity index (χ4n) is 1.27. The molecule has 0 heterocycles. The van der Waals surface area contributed by atoms with Gasteiger partial charge in [0.15, 0.2) is 5.78 Å². The molecule has 0 saturated carbocycles. The average molecular weight is 277 g/mol. The Bertz CT molecular complexity index is 511. The Hall–Kier alpha value is -1.92. The molecule has 1 unspecified atom stereocenters. The van der Waals surface area contributed by atoms with E-state index in [1.54, 1.807) is 0 Å². The number of carbonyl (C=O) groups excluding carboxylic acids is 2. The molecule has 0 aliphatic carbocycles. The van der Waals surface area contributed by atoms with Crippen LogP contribution in [-0.2, 0) is 11.0 Å². The molecule has 0 fully saturated rings. The summed E-state index contributed by atoms with van der Waals surface area (Å²) in [4.78, 5) is 22.5. The van der Waals surface area contributed by atoms with Crippen LogP contribution in [0.25, 0.3) is 0 Å². The molecule has 1 aromatic rings. The highest BCUT2D eigenvalue weighted by Crippen LogP contribution is 2.31. The van der Waals surface area contributed by atoms with E-state index >= 15 is 0 Å². The first-order valence-electron chi connectivity index (χ1n) is 5.31. The normalized spacial score (nSPS) is 12.9. The summed E-state index contributed by atoms with van der Waals surface area (Å²) in [5.74, 6) is -2.66. The van der Waals surface area contributed by atoms with Gasteiger partial charge >= 0.3 is 6.18 Å². The van der Waals surface area contributed by atoms with Gasteiger partial charge in [0.25, 0.3) is 5.91 Å². The van der Waals surface area contributed by atoms with Gasteiger partial charge in [-0.25, -0.2) is 4.39 Å². The monoisotopic (exact) mass is 277 g/mol. The average Bonchev–Trinajstić information content (AvgIpc) is 2.27. The molecule has 0 radical (unpaired) electrons. The Morgan fingerprint density at radius 2 is 1.84 bits per heavy atom. The second kappa shape index (κ2) is 5.38. The van der Waals surface area contributed by atoms with Gasteiger partial charge in [-0.2, -0.15) is 13.2 Å². The molecule has 104 valence electrons. The number of carbonyl (C=O) groups is 2. The van der Waals surface area contributed by atoms with Gasteiger partial charge in [-0.15, -0.1) is 0 Å². The molecule has 1 N–H and O–H groups in total. The topological polar surface area (TPSA) is 46.2 Å². The second-order valence-electron chi connectivity index (χ2n) is 4.00. The largest absolute Gasteiger partial charge is 0.419 e. The molecule has 7 heteroatoms. The van der Waals surface area contributed by atoms with Crippen LogP contribution in [0, 0.1) is 5.82 Å². The molecular formula is C12H11F4NO2. The van der Waals surface area contributed by atoms with E-state index in [1.165, 1.54) is 13.8 Å². The Labute approximate surface area is 106 Å². The number of hydrogen-bond donors (Lipinski definition) is 1. The summed E-state index contributed by atoms with van der Waals surface area (Å²) in [7, 11) is 0. The highest BCUT2D eigenvalue weighted by molar-refractivity contribution is 5.97. The quantitative estimate of drug-likeness (QED) is 0.863. The Kier molecular flexibility index (Phi) is 4.28. The molecule has 0 aliphatic rings. The van der Waals surface area contributed by atoms with E-state index in [1.807, 2.05) is 0 Å². The minimum Gasteiger partial charge on any atom is -0.343 e. The van der Waals surface area contributed by atoms with Crippen molar-refractivity contribution in [3.8, 4) is 0 Å². The third kappa shape index (κ3) is 3.77. The summed E-state index contributed by atoms with van der Waals surface area (Å²) < 4.78 is 50.4. The standard InChI is InChI=1S/C12H11F4NO2/c1-6(7(2)18)17-11(19)8-3-4-10(13)9(5-8)12(14,15)16/h3-6H,1-2H3,(H,17,19). The predicted octanol–water partition coefficient (Wildman–Crippen LogP) is 2.55. The molecule has 0 spiro atoms. The van der Waals surface area contributed by atoms with Crippen molar-refractivity contribution in [2.24, 2.45) is 0 Å². The first-order chi connectivity index (χ1) is 8.62. The number of ketones is 1. The lowest BCUT2D eigenvalue weighted by Gasteiger charge is -2.12. The van der Waals surface area contributed by atoms with Crippen LogP contribution in [0.3, 0.4) is 0 Å². The smallest absolute Gasteiger partial charge is 0.343 e. The van der Waals surface area contributed by atoms with Gasteiger partial charge in [0.05, 0.1) is 11.6 Å². The van der Waals surface area contributed by atoms with Gasteiger partial charge in [-0.3, -0.25) is 9.59 Å². The molecular weight excluding hydrogens is 266 g/mol. The first kappa shape index (κ1) is 15.1. The minimum atomic E-state index is -4.88. The van der Waals surface area contributed by atoms with E-state index in [0.29, 0.717) is 12.1 Å². The number of halogens is 4. The van der Waals surface area contributed by atoms with Crippen molar-refractivity contribution >= 4 is 11.7 Å². The maximum Gasteiger partial charge on any atom is 0.419 e. The highest BCUT2D eigenvalue weighted by atomic mass is 19.4. The highest BCUT2D eigenvalue weighted by Gasteiger charge is 2.34. The van der Waals surface area contributed by atoms with Gasteiger partial charge in [0.1, 0.15) is 5.82 Å². The van der Waals surface area contributed by atoms with Gasteiger partial charge in [-0.1, -0.05) is 0 Å². The third-order valence-electron chi connectivity index (χ3n) is 2.49. The third-order valence-corrected chi connectivity index (χ3v) is 2.49. The van der Waals surface area contributed by atoms with Crippen molar-refractivity contribution < 1.29 is 27.2 Å². The summed E-state index contributed by atoms with van der Waals surface area (Å²) in [6.45, 7) is 2.63. The molecule has 0 aliphatic heterocycles. The van der Waals surface area contributed by atoms with E-state index in [9.17, 15) is 27.2 Å². The van der Waals surface area contributed by atoms with Gasteiger partial charge < -0.3 is 5.32 Å². The van der Waals surface area contributed by atoms with Crippen molar-refractivity contribution in [1.82, 2.24) is 5.32 Å². The molecule has 1 atom stereocenters. The van der Waals surface area contributed by atoms with Crippen LogP contribution in [0.4, 0.5) is 17.6 Å². The SMILES string of the molecule is CC(=O)C(C)NC(=O)c1ccc(F)c(C(F)(F)F)c1. The van der Waals surface area contributed by atoms with Crippen molar-refractivity contribution in [1.29, 1.82) is 0 Å². The van der Waals surface area contributed by atoms with Crippen LogP contribution in [0.5, 0.6) is 0 Å². The number of alkyl halides is 3. The van der Waals surface area contributed by atoms with Crippen molar-refractivity contribution in [3.05, 3.63) is 35.1 Å². The molecule has 0 bridgehead atoms. The molecule has 1 aromatic carbocycles. The van der Waals surface area contributed by atoms with Crippen LogP contribution >= 0.6 is 0 Å². The lowest BCUT2D eigenvalue weighted by Crippen LogP contribution is -2.37. The van der Waals surface area contributed by atoms with Gasteiger partial charge in [0, 0.05) is 5.56 Å². The van der Waals surface area contributed by atoms with E-state index in [2.05, 4.69) is 5.32 Å². The Morgan fingerprint density at radius 3 is 2.32 bits per heavy atom.